The molecular weight excluding hydrogens is 396 g/mol. The summed E-state index contributed by atoms with van der Waals surface area (Å²) in [6.45, 7) is 2.78. The van der Waals surface area contributed by atoms with Gasteiger partial charge in [0.15, 0.2) is 16.4 Å². The van der Waals surface area contributed by atoms with Gasteiger partial charge < -0.3 is 10.5 Å². The van der Waals surface area contributed by atoms with Gasteiger partial charge in [-0.05, 0) is 31.5 Å². The highest BCUT2D eigenvalue weighted by molar-refractivity contribution is 7.89. The fourth-order valence-electron chi connectivity index (χ4n) is 2.65. The highest BCUT2D eigenvalue weighted by Crippen LogP contribution is 2.20. The number of nitrogen functional groups attached to an aromatic ring is 1. The summed E-state index contributed by atoms with van der Waals surface area (Å²) >= 11 is 0. The number of halogens is 2. The number of carbonyl (C=O) groups excluding carboxylic acids is 2. The minimum Gasteiger partial charge on any atom is -0.454 e. The molecule has 0 aliphatic heterocycles. The van der Waals surface area contributed by atoms with Crippen molar-refractivity contribution in [3.8, 4) is 0 Å². The van der Waals surface area contributed by atoms with Gasteiger partial charge in [0.05, 0.1) is 17.0 Å². The number of aromatic nitrogens is 2. The number of ketones is 1. The van der Waals surface area contributed by atoms with Crippen LogP contribution < -0.4 is 5.73 Å². The second kappa shape index (κ2) is 8.05. The Morgan fingerprint density at radius 3 is 2.25 bits per heavy atom. The van der Waals surface area contributed by atoms with E-state index in [1.807, 2.05) is 0 Å². The number of hydrogen-bond acceptors (Lipinski definition) is 7. The number of esters is 1. The minimum absolute atomic E-state index is 0.0286. The van der Waals surface area contributed by atoms with E-state index in [0.717, 1.165) is 18.4 Å². The maximum atomic E-state index is 14.1. The third-order valence-corrected chi connectivity index (χ3v) is 4.67. The molecule has 0 atom stereocenters. The Hall–Kier alpha value is -2.82. The number of nitrogens with zero attached hydrogens (tertiary/aromatic N) is 2. The lowest BCUT2D eigenvalue weighted by molar-refractivity contribution is 0.0472. The van der Waals surface area contributed by atoms with Crippen LogP contribution in [0.4, 0.5) is 14.6 Å². The molecule has 28 heavy (non-hydrogen) atoms. The van der Waals surface area contributed by atoms with Gasteiger partial charge in [0.2, 0.25) is 5.78 Å². The summed E-state index contributed by atoms with van der Waals surface area (Å²) in [7, 11) is -3.51. The van der Waals surface area contributed by atoms with Crippen molar-refractivity contribution in [1.29, 1.82) is 0 Å². The molecule has 0 aliphatic rings. The zero-order chi connectivity index (χ0) is 21.2. The number of carbonyl (C=O) groups is 2. The van der Waals surface area contributed by atoms with Gasteiger partial charge in [-0.1, -0.05) is 0 Å². The summed E-state index contributed by atoms with van der Waals surface area (Å²) in [5.74, 6) is -5.07. The number of anilines is 1. The second-order valence-electron chi connectivity index (χ2n) is 6.17. The predicted molar refractivity (Wildman–Crippen MR) is 96.6 cm³/mol. The molecule has 0 radical (unpaired) electrons. The molecule has 2 aromatic rings. The first-order valence-corrected chi connectivity index (χ1v) is 10.2. The molecule has 8 nitrogen and oxygen atoms in total. The van der Waals surface area contributed by atoms with E-state index in [-0.39, 0.29) is 16.9 Å². The van der Waals surface area contributed by atoms with E-state index < -0.39 is 51.1 Å². The quantitative estimate of drug-likeness (QED) is 0.539. The van der Waals surface area contributed by atoms with Crippen LogP contribution in [0, 0.1) is 18.6 Å². The van der Waals surface area contributed by atoms with Crippen LogP contribution in [0.5, 0.6) is 0 Å². The lowest BCUT2D eigenvalue weighted by Gasteiger charge is -2.08. The highest BCUT2D eigenvalue weighted by atomic mass is 32.2. The minimum atomic E-state index is -3.51. The molecule has 152 valence electrons. The lowest BCUT2D eigenvalue weighted by Crippen LogP contribution is -2.18. The molecule has 0 fully saturated rings. The number of Topliss-reactive ketones (excluding diaryl/α,β-unsaturated/α-hetero) is 1. The molecule has 0 bridgehead atoms. The first-order chi connectivity index (χ1) is 12.9. The van der Waals surface area contributed by atoms with Crippen LogP contribution in [0.15, 0.2) is 12.1 Å². The van der Waals surface area contributed by atoms with Crippen LogP contribution >= 0.6 is 0 Å². The third kappa shape index (κ3) is 4.71. The topological polar surface area (TPSA) is 121 Å². The van der Waals surface area contributed by atoms with Crippen LogP contribution in [0.3, 0.4) is 0 Å². The second-order valence-corrected chi connectivity index (χ2v) is 8.31. The van der Waals surface area contributed by atoms with Gasteiger partial charge in [-0.15, -0.1) is 0 Å². The highest BCUT2D eigenvalue weighted by Gasteiger charge is 2.24. The number of sulfone groups is 1. The summed E-state index contributed by atoms with van der Waals surface area (Å²) in [5, 5.41) is 4.04. The summed E-state index contributed by atoms with van der Waals surface area (Å²) in [5.41, 5.74) is 5.00. The number of ether oxygens (including phenoxy) is 1. The van der Waals surface area contributed by atoms with Gasteiger partial charge in [0.1, 0.15) is 23.0 Å². The van der Waals surface area contributed by atoms with Gasteiger partial charge in [-0.3, -0.25) is 4.79 Å². The molecule has 1 aromatic carbocycles. The van der Waals surface area contributed by atoms with E-state index in [1.54, 1.807) is 6.92 Å². The van der Waals surface area contributed by atoms with Crippen molar-refractivity contribution in [1.82, 2.24) is 9.78 Å². The van der Waals surface area contributed by atoms with E-state index in [4.69, 9.17) is 10.5 Å². The molecule has 0 amide bonds. The van der Waals surface area contributed by atoms with E-state index >= 15 is 0 Å². The molecule has 0 saturated heterocycles. The average molecular weight is 415 g/mol. The van der Waals surface area contributed by atoms with E-state index in [9.17, 15) is 26.8 Å². The molecule has 1 aromatic heterocycles. The molecular formula is C17H19F2N3O5S. The van der Waals surface area contributed by atoms with Gasteiger partial charge in [0.25, 0.3) is 0 Å². The Morgan fingerprint density at radius 1 is 1.21 bits per heavy atom. The summed E-state index contributed by atoms with van der Waals surface area (Å²) in [6, 6.07) is 1.51. The third-order valence-electron chi connectivity index (χ3n) is 3.81. The van der Waals surface area contributed by atoms with Crippen molar-refractivity contribution in [2.75, 3.05) is 18.6 Å². The standard InChI is InChI=1S/C17H19F2N3O5S/c1-4-22-16(20)14(9(2)21-22)17(24)27-7-13(23)15-11(18)5-10(6-12(15)19)8-28(3,25)26/h5-6H,4,7-8,20H2,1-3H3. The number of rotatable bonds is 7. The fourth-order valence-corrected chi connectivity index (χ4v) is 3.42. The maximum Gasteiger partial charge on any atom is 0.344 e. The number of benzene rings is 1. The largest absolute Gasteiger partial charge is 0.454 e. The Bertz CT molecular complexity index is 1020. The molecule has 1 heterocycles. The molecule has 2 rings (SSSR count). The molecule has 0 saturated carbocycles. The van der Waals surface area contributed by atoms with Crippen molar-refractivity contribution in [2.45, 2.75) is 26.1 Å². The molecule has 0 unspecified atom stereocenters. The summed E-state index contributed by atoms with van der Waals surface area (Å²) in [4.78, 5) is 24.3. The molecule has 0 spiro atoms. The Balaban J connectivity index is 2.17. The fraction of sp³-hybridized carbons (Fsp3) is 0.353. The van der Waals surface area contributed by atoms with Crippen molar-refractivity contribution >= 4 is 27.4 Å². The van der Waals surface area contributed by atoms with Gasteiger partial charge in [-0.2, -0.15) is 5.10 Å². The zero-order valence-corrected chi connectivity index (χ0v) is 16.3. The predicted octanol–water partition coefficient (Wildman–Crippen LogP) is 1.66. The van der Waals surface area contributed by atoms with Crippen LogP contribution in [-0.2, 0) is 26.9 Å². The molecule has 2 N–H and O–H groups in total. The van der Waals surface area contributed by atoms with Crippen molar-refractivity contribution < 1.29 is 31.5 Å². The van der Waals surface area contributed by atoms with Crippen LogP contribution in [-0.4, -0.2) is 42.8 Å². The van der Waals surface area contributed by atoms with Crippen LogP contribution in [0.2, 0.25) is 0 Å². The number of aryl methyl sites for hydroxylation is 2. The van der Waals surface area contributed by atoms with Crippen LogP contribution in [0.25, 0.3) is 0 Å². The number of nitrogens with two attached hydrogens (primary N) is 1. The first kappa shape index (κ1) is 21.5. The van der Waals surface area contributed by atoms with Crippen molar-refractivity contribution in [3.63, 3.8) is 0 Å². The lowest BCUT2D eigenvalue weighted by atomic mass is 10.1. The summed E-state index contributed by atoms with van der Waals surface area (Å²) in [6.07, 6.45) is 0.912. The first-order valence-electron chi connectivity index (χ1n) is 8.13. The SMILES string of the molecule is CCn1nc(C)c(C(=O)OCC(=O)c2c(F)cc(CS(C)(=O)=O)cc2F)c1N. The van der Waals surface area contributed by atoms with Crippen molar-refractivity contribution in [2.24, 2.45) is 0 Å². The molecule has 11 heteroatoms. The van der Waals surface area contributed by atoms with Gasteiger partial charge >= 0.3 is 5.97 Å². The van der Waals surface area contributed by atoms with Crippen molar-refractivity contribution in [3.05, 3.63) is 46.2 Å². The average Bonchev–Trinajstić information content (AvgIpc) is 2.84. The smallest absolute Gasteiger partial charge is 0.344 e. The van der Waals surface area contributed by atoms with E-state index in [1.165, 1.54) is 11.6 Å². The maximum absolute atomic E-state index is 14.1. The van der Waals surface area contributed by atoms with E-state index in [2.05, 4.69) is 5.10 Å². The monoisotopic (exact) mass is 415 g/mol. The zero-order valence-electron chi connectivity index (χ0n) is 15.5. The Kier molecular flexibility index (Phi) is 6.17. The summed E-state index contributed by atoms with van der Waals surface area (Å²) < 4.78 is 57.0. The Morgan fingerprint density at radius 2 is 1.79 bits per heavy atom. The van der Waals surface area contributed by atoms with Crippen LogP contribution in [0.1, 0.15) is 38.9 Å². The van der Waals surface area contributed by atoms with Gasteiger partial charge in [0, 0.05) is 12.8 Å². The van der Waals surface area contributed by atoms with Gasteiger partial charge in [-0.25, -0.2) is 26.7 Å². The number of hydrogen-bond donors (Lipinski definition) is 1. The Labute approximate surface area is 160 Å². The van der Waals surface area contributed by atoms with E-state index in [0.29, 0.717) is 12.2 Å². The normalized spacial score (nSPS) is 11.5. The molecule has 0 aliphatic carbocycles.